The van der Waals surface area contributed by atoms with Crippen molar-refractivity contribution in [2.24, 2.45) is 0 Å². The fourth-order valence-corrected chi connectivity index (χ4v) is 3.21. The summed E-state index contributed by atoms with van der Waals surface area (Å²) < 4.78 is 49.1. The number of esters is 1. The number of benzene rings is 1. The van der Waals surface area contributed by atoms with Crippen molar-refractivity contribution in [3.05, 3.63) is 41.7 Å². The molecule has 0 aliphatic heterocycles. The molecule has 0 aliphatic rings. The van der Waals surface area contributed by atoms with E-state index in [1.807, 2.05) is 24.3 Å². The molecule has 28 heavy (non-hydrogen) atoms. The molecule has 0 aliphatic carbocycles. The summed E-state index contributed by atoms with van der Waals surface area (Å²) in [7, 11) is 0.993. The van der Waals surface area contributed by atoms with Crippen LogP contribution < -0.4 is 10.6 Å². The second kappa shape index (κ2) is 8.38. The van der Waals surface area contributed by atoms with Crippen molar-refractivity contribution in [1.82, 2.24) is 14.3 Å². The van der Waals surface area contributed by atoms with E-state index in [2.05, 4.69) is 29.7 Å². The quantitative estimate of drug-likeness (QED) is 0.451. The highest BCUT2D eigenvalue weighted by atomic mass is 32.1. The van der Waals surface area contributed by atoms with Gasteiger partial charge < -0.3 is 15.4 Å². The zero-order valence-electron chi connectivity index (χ0n) is 14.7. The molecule has 0 radical (unpaired) electrons. The van der Waals surface area contributed by atoms with E-state index in [4.69, 9.17) is 0 Å². The van der Waals surface area contributed by atoms with Crippen LogP contribution in [0.2, 0.25) is 0 Å². The van der Waals surface area contributed by atoms with E-state index < -0.39 is 23.4 Å². The number of aromatic nitrogens is 3. The summed E-state index contributed by atoms with van der Waals surface area (Å²) >= 11 is 1.39. The molecule has 0 spiro atoms. The highest BCUT2D eigenvalue weighted by Crippen LogP contribution is 2.31. The minimum atomic E-state index is -4.80. The molecule has 2 aromatic heterocycles. The summed E-state index contributed by atoms with van der Waals surface area (Å²) in [6, 6.07) is 7.81. The zero-order valence-corrected chi connectivity index (χ0v) is 15.5. The second-order valence-corrected chi connectivity index (χ2v) is 6.48. The maximum absolute atomic E-state index is 13.1. The largest absolute Gasteiger partial charge is 0.465 e. The van der Waals surface area contributed by atoms with Gasteiger partial charge in [-0.2, -0.15) is 17.5 Å². The van der Waals surface area contributed by atoms with Crippen LogP contribution in [-0.4, -0.2) is 40.5 Å². The molecule has 2 N–H and O–H groups in total. The van der Waals surface area contributed by atoms with E-state index in [9.17, 15) is 18.0 Å². The lowest BCUT2D eigenvalue weighted by molar-refractivity contribution is -0.141. The second-order valence-electron chi connectivity index (χ2n) is 5.68. The van der Waals surface area contributed by atoms with Crippen LogP contribution in [-0.2, 0) is 10.9 Å². The molecule has 0 amide bonds. The van der Waals surface area contributed by atoms with Gasteiger partial charge in [-0.1, -0.05) is 12.1 Å². The first-order chi connectivity index (χ1) is 13.4. The van der Waals surface area contributed by atoms with Crippen LogP contribution in [0.15, 0.2) is 30.5 Å². The molecular formula is C17H16F3N5O2S. The van der Waals surface area contributed by atoms with Crippen LogP contribution in [0.25, 0.3) is 10.1 Å². The highest BCUT2D eigenvalue weighted by Gasteiger charge is 2.38. The van der Waals surface area contributed by atoms with Crippen LogP contribution >= 0.6 is 11.5 Å². The third kappa shape index (κ3) is 4.47. The number of halogens is 3. The number of nitrogens with zero attached hydrogens (tertiary/aromatic N) is 3. The van der Waals surface area contributed by atoms with E-state index in [0.29, 0.717) is 19.5 Å². The Balaban J connectivity index is 1.56. The maximum atomic E-state index is 13.1. The van der Waals surface area contributed by atoms with Crippen LogP contribution in [0, 0.1) is 0 Å². The summed E-state index contributed by atoms with van der Waals surface area (Å²) in [5.74, 6) is -0.573. The number of carbonyl (C=O) groups excluding carboxylic acids is 1. The smallest absolute Gasteiger partial charge is 0.434 e. The number of anilines is 2. The molecule has 11 heteroatoms. The fraction of sp³-hybridized carbons (Fsp3) is 0.294. The third-order valence-corrected chi connectivity index (χ3v) is 4.60. The van der Waals surface area contributed by atoms with Crippen molar-refractivity contribution >= 4 is 39.4 Å². The Hall–Kier alpha value is -2.95. The van der Waals surface area contributed by atoms with Crippen molar-refractivity contribution in [2.75, 3.05) is 30.8 Å². The molecule has 0 saturated carbocycles. The molecule has 0 unspecified atom stereocenters. The summed E-state index contributed by atoms with van der Waals surface area (Å²) in [5.41, 5.74) is -2.05. The third-order valence-electron chi connectivity index (χ3n) is 3.77. The molecule has 1 aromatic carbocycles. The average Bonchev–Trinajstić information content (AvgIpc) is 3.09. The monoisotopic (exact) mass is 411 g/mol. The number of alkyl halides is 3. The Kier molecular flexibility index (Phi) is 5.93. The van der Waals surface area contributed by atoms with E-state index in [-0.39, 0.29) is 5.95 Å². The van der Waals surface area contributed by atoms with Crippen molar-refractivity contribution in [3.8, 4) is 0 Å². The number of nitrogens with one attached hydrogen (secondary N) is 2. The van der Waals surface area contributed by atoms with Gasteiger partial charge in [0.15, 0.2) is 5.69 Å². The van der Waals surface area contributed by atoms with Gasteiger partial charge in [-0.3, -0.25) is 0 Å². The Labute approximate surface area is 162 Å². The SMILES string of the molecule is COC(=O)c1cnc(NCCCNc2nsc3ccccc23)nc1C(F)(F)F. The Morgan fingerprint density at radius 2 is 1.96 bits per heavy atom. The Morgan fingerprint density at radius 3 is 2.71 bits per heavy atom. The van der Waals surface area contributed by atoms with Crippen LogP contribution in [0.1, 0.15) is 22.5 Å². The molecular weight excluding hydrogens is 395 g/mol. The topological polar surface area (TPSA) is 89.0 Å². The van der Waals surface area contributed by atoms with Gasteiger partial charge in [-0.05, 0) is 30.1 Å². The van der Waals surface area contributed by atoms with Gasteiger partial charge in [-0.15, -0.1) is 0 Å². The molecule has 7 nitrogen and oxygen atoms in total. The molecule has 0 saturated heterocycles. The first kappa shape index (κ1) is 19.8. The molecule has 2 heterocycles. The number of ether oxygens (including phenoxy) is 1. The van der Waals surface area contributed by atoms with Crippen molar-refractivity contribution in [2.45, 2.75) is 12.6 Å². The molecule has 0 bridgehead atoms. The minimum absolute atomic E-state index is 0.209. The van der Waals surface area contributed by atoms with E-state index in [1.54, 1.807) is 0 Å². The fourth-order valence-electron chi connectivity index (χ4n) is 2.45. The summed E-state index contributed by atoms with van der Waals surface area (Å²) in [5, 5.41) is 6.95. The normalized spacial score (nSPS) is 11.4. The van der Waals surface area contributed by atoms with Gasteiger partial charge in [0.1, 0.15) is 11.4 Å². The number of hydrogen-bond acceptors (Lipinski definition) is 8. The lowest BCUT2D eigenvalue weighted by atomic mass is 10.2. The number of carbonyl (C=O) groups is 1. The van der Waals surface area contributed by atoms with E-state index in [1.165, 1.54) is 11.5 Å². The van der Waals surface area contributed by atoms with Crippen LogP contribution in [0.3, 0.4) is 0 Å². The van der Waals surface area contributed by atoms with Gasteiger partial charge in [-0.25, -0.2) is 14.8 Å². The summed E-state index contributed by atoms with van der Waals surface area (Å²) in [4.78, 5) is 18.6. The lowest BCUT2D eigenvalue weighted by Crippen LogP contribution is -2.19. The number of fused-ring (bicyclic) bond motifs is 1. The molecule has 3 aromatic rings. The van der Waals surface area contributed by atoms with Gasteiger partial charge in [0, 0.05) is 24.7 Å². The van der Waals surface area contributed by atoms with Crippen LogP contribution in [0.5, 0.6) is 0 Å². The number of methoxy groups -OCH3 is 1. The number of rotatable bonds is 7. The van der Waals surface area contributed by atoms with E-state index in [0.717, 1.165) is 29.2 Å². The zero-order chi connectivity index (χ0) is 20.1. The Bertz CT molecular complexity index is 977. The lowest BCUT2D eigenvalue weighted by Gasteiger charge is -2.12. The minimum Gasteiger partial charge on any atom is -0.465 e. The maximum Gasteiger partial charge on any atom is 0.434 e. The molecule has 148 valence electrons. The molecule has 0 fully saturated rings. The average molecular weight is 411 g/mol. The van der Waals surface area contributed by atoms with Gasteiger partial charge in [0.05, 0.1) is 11.8 Å². The summed E-state index contributed by atoms with van der Waals surface area (Å²) in [6.07, 6.45) is -3.39. The Morgan fingerprint density at radius 1 is 1.21 bits per heavy atom. The standard InChI is InChI=1S/C17H16F3N5O2S/c1-27-15(26)11-9-23-16(24-13(11)17(18,19)20)22-8-4-7-21-14-10-5-2-3-6-12(10)28-25-14/h2-3,5-6,9H,4,7-8H2,1H3,(H,21,25)(H,22,23,24). The van der Waals surface area contributed by atoms with Gasteiger partial charge in [0.25, 0.3) is 0 Å². The van der Waals surface area contributed by atoms with Crippen molar-refractivity contribution in [3.63, 3.8) is 0 Å². The molecule has 0 atom stereocenters. The number of hydrogen-bond donors (Lipinski definition) is 2. The first-order valence-corrected chi connectivity index (χ1v) is 9.02. The van der Waals surface area contributed by atoms with E-state index >= 15 is 0 Å². The molecule has 3 rings (SSSR count). The van der Waals surface area contributed by atoms with Crippen molar-refractivity contribution < 1.29 is 22.7 Å². The first-order valence-electron chi connectivity index (χ1n) is 8.25. The van der Waals surface area contributed by atoms with Gasteiger partial charge >= 0.3 is 12.1 Å². The van der Waals surface area contributed by atoms with Gasteiger partial charge in [0.2, 0.25) is 5.95 Å². The van der Waals surface area contributed by atoms with Crippen LogP contribution in [0.4, 0.5) is 24.9 Å². The predicted molar refractivity (Wildman–Crippen MR) is 99.6 cm³/mol. The summed E-state index contributed by atoms with van der Waals surface area (Å²) in [6.45, 7) is 0.900. The predicted octanol–water partition coefficient (Wildman–Crippen LogP) is 3.81. The van der Waals surface area contributed by atoms with Crippen molar-refractivity contribution in [1.29, 1.82) is 0 Å². The highest BCUT2D eigenvalue weighted by molar-refractivity contribution is 7.13.